The summed E-state index contributed by atoms with van der Waals surface area (Å²) >= 11 is 1.36. The van der Waals surface area contributed by atoms with Crippen molar-refractivity contribution in [2.45, 2.75) is 12.8 Å². The Balaban J connectivity index is 1.44. The molecule has 2 aromatic carbocycles. The summed E-state index contributed by atoms with van der Waals surface area (Å²) in [7, 11) is 0. The number of hydrogen-bond acceptors (Lipinski definition) is 5. The highest BCUT2D eigenvalue weighted by molar-refractivity contribution is 7.12. The average molecular weight is 388 g/mol. The Labute approximate surface area is 157 Å². The van der Waals surface area contributed by atoms with E-state index in [9.17, 15) is 13.6 Å². The number of carbonyl (C=O) groups is 1. The van der Waals surface area contributed by atoms with Crippen LogP contribution in [0.1, 0.15) is 15.2 Å². The van der Waals surface area contributed by atoms with E-state index in [0.29, 0.717) is 16.1 Å². The van der Waals surface area contributed by atoms with Crippen LogP contribution >= 0.6 is 11.3 Å². The van der Waals surface area contributed by atoms with Crippen molar-refractivity contribution in [3.63, 3.8) is 0 Å². The van der Waals surface area contributed by atoms with E-state index < -0.39 is 6.29 Å². The molecule has 0 fully saturated rings. The molecule has 0 aliphatic carbocycles. The van der Waals surface area contributed by atoms with Crippen LogP contribution in [0.25, 0.3) is 0 Å². The summed E-state index contributed by atoms with van der Waals surface area (Å²) in [6.07, 6.45) is -3.65. The SMILES string of the molecule is O=C(Nc1cccc(NCc2cccc3c2OC(F)(F)O3)c1)c1cccs1. The largest absolute Gasteiger partial charge is 0.586 e. The third-order valence-electron chi connectivity index (χ3n) is 3.86. The lowest BCUT2D eigenvalue weighted by molar-refractivity contribution is -0.286. The van der Waals surface area contributed by atoms with Gasteiger partial charge in [-0.05, 0) is 35.7 Å². The maximum absolute atomic E-state index is 13.3. The van der Waals surface area contributed by atoms with Crippen molar-refractivity contribution < 1.29 is 23.0 Å². The maximum atomic E-state index is 13.3. The fourth-order valence-corrected chi connectivity index (χ4v) is 3.29. The van der Waals surface area contributed by atoms with Gasteiger partial charge in [0.2, 0.25) is 0 Å². The van der Waals surface area contributed by atoms with E-state index in [1.165, 1.54) is 17.4 Å². The third-order valence-corrected chi connectivity index (χ3v) is 4.73. The van der Waals surface area contributed by atoms with Crippen LogP contribution in [0, 0.1) is 0 Å². The van der Waals surface area contributed by atoms with Gasteiger partial charge in [0.1, 0.15) is 0 Å². The van der Waals surface area contributed by atoms with E-state index >= 15 is 0 Å². The second-order valence-electron chi connectivity index (χ2n) is 5.78. The molecule has 0 saturated carbocycles. The summed E-state index contributed by atoms with van der Waals surface area (Å²) in [6.45, 7) is 0.255. The number of alkyl halides is 2. The molecule has 0 radical (unpaired) electrons. The quantitative estimate of drug-likeness (QED) is 0.650. The molecule has 5 nitrogen and oxygen atoms in total. The molecule has 0 atom stereocenters. The Morgan fingerprint density at radius 3 is 2.67 bits per heavy atom. The number of thiophene rings is 1. The zero-order valence-corrected chi connectivity index (χ0v) is 14.7. The van der Waals surface area contributed by atoms with Crippen molar-refractivity contribution in [1.82, 2.24) is 0 Å². The fourth-order valence-electron chi connectivity index (χ4n) is 2.67. The van der Waals surface area contributed by atoms with Crippen LogP contribution in [-0.4, -0.2) is 12.2 Å². The molecule has 8 heteroatoms. The van der Waals surface area contributed by atoms with Crippen LogP contribution in [0.2, 0.25) is 0 Å². The molecule has 1 aliphatic heterocycles. The fraction of sp³-hybridized carbons (Fsp3) is 0.105. The van der Waals surface area contributed by atoms with Crippen molar-refractivity contribution in [2.24, 2.45) is 0 Å². The van der Waals surface area contributed by atoms with E-state index in [1.807, 2.05) is 17.5 Å². The van der Waals surface area contributed by atoms with Gasteiger partial charge in [0, 0.05) is 23.5 Å². The summed E-state index contributed by atoms with van der Waals surface area (Å²) in [6, 6.07) is 15.4. The van der Waals surface area contributed by atoms with Gasteiger partial charge in [-0.25, -0.2) is 0 Å². The highest BCUT2D eigenvalue weighted by atomic mass is 32.1. The molecule has 138 valence electrons. The number of fused-ring (bicyclic) bond motifs is 1. The Bertz CT molecular complexity index is 977. The first-order chi connectivity index (χ1) is 13.0. The van der Waals surface area contributed by atoms with E-state index in [0.717, 1.165) is 5.69 Å². The van der Waals surface area contributed by atoms with Gasteiger partial charge >= 0.3 is 6.29 Å². The van der Waals surface area contributed by atoms with Crippen LogP contribution < -0.4 is 20.1 Å². The van der Waals surface area contributed by atoms with Gasteiger partial charge in [0.05, 0.1) is 4.88 Å². The summed E-state index contributed by atoms with van der Waals surface area (Å²) in [5.74, 6) is -0.149. The normalized spacial score (nSPS) is 14.0. The number of hydrogen-bond donors (Lipinski definition) is 2. The third kappa shape index (κ3) is 3.85. The topological polar surface area (TPSA) is 59.6 Å². The Morgan fingerprint density at radius 1 is 1.04 bits per heavy atom. The summed E-state index contributed by atoms with van der Waals surface area (Å²) in [4.78, 5) is 12.7. The smallest absolute Gasteiger partial charge is 0.395 e. The highest BCUT2D eigenvalue weighted by Gasteiger charge is 2.44. The first-order valence-electron chi connectivity index (χ1n) is 8.07. The molecule has 0 spiro atoms. The number of para-hydroxylation sites is 1. The molecule has 1 aromatic heterocycles. The Morgan fingerprint density at radius 2 is 1.85 bits per heavy atom. The molecule has 3 aromatic rings. The molecule has 0 unspecified atom stereocenters. The number of anilines is 2. The van der Waals surface area contributed by atoms with Crippen molar-refractivity contribution in [3.05, 3.63) is 70.4 Å². The number of carbonyl (C=O) groups excluding carboxylic acids is 1. The van der Waals surface area contributed by atoms with Crippen molar-refractivity contribution >= 4 is 28.6 Å². The molecule has 0 saturated heterocycles. The lowest BCUT2D eigenvalue weighted by atomic mass is 10.2. The number of rotatable bonds is 5. The zero-order chi connectivity index (χ0) is 18.9. The molecule has 2 heterocycles. The summed E-state index contributed by atoms with van der Waals surface area (Å²) in [5.41, 5.74) is 1.89. The number of benzene rings is 2. The number of nitrogens with one attached hydrogen (secondary N) is 2. The summed E-state index contributed by atoms with van der Waals surface area (Å²) in [5, 5.41) is 7.79. The zero-order valence-electron chi connectivity index (χ0n) is 13.9. The minimum absolute atomic E-state index is 0.0104. The van der Waals surface area contributed by atoms with Crippen LogP contribution in [0.3, 0.4) is 0 Å². The molecule has 27 heavy (non-hydrogen) atoms. The summed E-state index contributed by atoms with van der Waals surface area (Å²) < 4.78 is 35.6. The lowest BCUT2D eigenvalue weighted by Gasteiger charge is -2.11. The van der Waals surface area contributed by atoms with E-state index in [-0.39, 0.29) is 24.0 Å². The standard InChI is InChI=1S/C19H14F2N2O3S/c20-19(21)25-15-7-1-4-12(17(15)26-19)11-22-13-5-2-6-14(10-13)23-18(24)16-8-3-9-27-16/h1-10,22H,11H2,(H,23,24). The van der Waals surface area contributed by atoms with E-state index in [2.05, 4.69) is 20.1 Å². The lowest BCUT2D eigenvalue weighted by Crippen LogP contribution is -2.26. The van der Waals surface area contributed by atoms with Gasteiger partial charge in [-0.3, -0.25) is 4.79 Å². The number of amides is 1. The average Bonchev–Trinajstić information content (AvgIpc) is 3.26. The van der Waals surface area contributed by atoms with Crippen molar-refractivity contribution in [3.8, 4) is 11.5 Å². The number of ether oxygens (including phenoxy) is 2. The van der Waals surface area contributed by atoms with E-state index in [1.54, 1.807) is 36.4 Å². The van der Waals surface area contributed by atoms with Crippen LogP contribution in [0.5, 0.6) is 11.5 Å². The first-order valence-corrected chi connectivity index (χ1v) is 8.95. The Hall–Kier alpha value is -3.13. The van der Waals surface area contributed by atoms with Crippen molar-refractivity contribution in [1.29, 1.82) is 0 Å². The van der Waals surface area contributed by atoms with Crippen molar-refractivity contribution in [2.75, 3.05) is 10.6 Å². The first kappa shape index (κ1) is 17.3. The molecular formula is C19H14F2N2O3S. The molecule has 1 aliphatic rings. The molecule has 1 amide bonds. The van der Waals surface area contributed by atoms with Crippen LogP contribution in [0.15, 0.2) is 60.0 Å². The van der Waals surface area contributed by atoms with Gasteiger partial charge in [-0.15, -0.1) is 20.1 Å². The Kier molecular flexibility index (Phi) is 4.41. The molecule has 4 rings (SSSR count). The van der Waals surface area contributed by atoms with Gasteiger partial charge in [-0.1, -0.05) is 24.3 Å². The van der Waals surface area contributed by atoms with E-state index in [4.69, 9.17) is 0 Å². The van der Waals surface area contributed by atoms with Gasteiger partial charge in [-0.2, -0.15) is 0 Å². The van der Waals surface area contributed by atoms with Crippen LogP contribution in [0.4, 0.5) is 20.2 Å². The molecule has 2 N–H and O–H groups in total. The van der Waals surface area contributed by atoms with Gasteiger partial charge in [0.25, 0.3) is 5.91 Å². The monoisotopic (exact) mass is 388 g/mol. The molecule has 0 bridgehead atoms. The highest BCUT2D eigenvalue weighted by Crippen LogP contribution is 2.43. The predicted octanol–water partition coefficient (Wildman–Crippen LogP) is 4.93. The minimum Gasteiger partial charge on any atom is -0.395 e. The second-order valence-corrected chi connectivity index (χ2v) is 6.73. The predicted molar refractivity (Wildman–Crippen MR) is 98.7 cm³/mol. The minimum atomic E-state index is -3.65. The van der Waals surface area contributed by atoms with Crippen LogP contribution in [-0.2, 0) is 6.54 Å². The number of halogens is 2. The second kappa shape index (κ2) is 6.88. The van der Waals surface area contributed by atoms with Gasteiger partial charge < -0.3 is 20.1 Å². The maximum Gasteiger partial charge on any atom is 0.586 e. The van der Waals surface area contributed by atoms with Gasteiger partial charge in [0.15, 0.2) is 11.5 Å². The molecular weight excluding hydrogens is 374 g/mol.